The van der Waals surface area contributed by atoms with Gasteiger partial charge in [-0.25, -0.2) is 14.6 Å². The Morgan fingerprint density at radius 3 is 2.78 bits per heavy atom. The normalized spacial score (nSPS) is 17.0. The van der Waals surface area contributed by atoms with Crippen molar-refractivity contribution in [1.82, 2.24) is 14.3 Å². The van der Waals surface area contributed by atoms with Crippen LogP contribution in [-0.4, -0.2) is 57.9 Å². The zero-order valence-corrected chi connectivity index (χ0v) is 15.5. The van der Waals surface area contributed by atoms with E-state index in [1.807, 2.05) is 19.1 Å². The maximum absolute atomic E-state index is 12.5. The van der Waals surface area contributed by atoms with Crippen LogP contribution in [0.1, 0.15) is 42.4 Å². The lowest BCUT2D eigenvalue weighted by atomic mass is 10.0. The highest BCUT2D eigenvalue weighted by Gasteiger charge is 2.33. The van der Waals surface area contributed by atoms with Gasteiger partial charge in [-0.2, -0.15) is 0 Å². The Morgan fingerprint density at radius 1 is 1.22 bits per heavy atom. The first-order valence-corrected chi connectivity index (χ1v) is 9.09. The Balaban J connectivity index is 1.63. The number of ether oxygens (including phenoxy) is 2. The van der Waals surface area contributed by atoms with E-state index in [9.17, 15) is 14.4 Å². The van der Waals surface area contributed by atoms with Crippen molar-refractivity contribution in [3.05, 3.63) is 35.8 Å². The fourth-order valence-electron chi connectivity index (χ4n) is 3.24. The molecule has 1 atom stereocenters. The molecule has 3 rings (SSSR count). The van der Waals surface area contributed by atoms with Crippen LogP contribution in [0.4, 0.5) is 0 Å². The van der Waals surface area contributed by atoms with Gasteiger partial charge >= 0.3 is 11.9 Å². The molecule has 0 spiro atoms. The molecule has 1 amide bonds. The van der Waals surface area contributed by atoms with E-state index in [0.29, 0.717) is 18.6 Å². The highest BCUT2D eigenvalue weighted by Crippen LogP contribution is 2.19. The van der Waals surface area contributed by atoms with Gasteiger partial charge in [-0.15, -0.1) is 0 Å². The molecule has 0 saturated carbocycles. The second-order valence-electron chi connectivity index (χ2n) is 6.45. The van der Waals surface area contributed by atoms with Crippen molar-refractivity contribution in [3.8, 4) is 0 Å². The molecule has 1 aliphatic rings. The lowest BCUT2D eigenvalue weighted by molar-refractivity contribution is -0.157. The molecule has 0 radical (unpaired) electrons. The molecule has 0 N–H and O–H groups in total. The Labute approximate surface area is 157 Å². The predicted molar refractivity (Wildman–Crippen MR) is 96.2 cm³/mol. The number of aromatic nitrogens is 2. The van der Waals surface area contributed by atoms with Crippen LogP contribution in [0.5, 0.6) is 0 Å². The minimum atomic E-state index is -0.670. The summed E-state index contributed by atoms with van der Waals surface area (Å²) in [5.41, 5.74) is 1.70. The molecular weight excluding hydrogens is 350 g/mol. The molecule has 0 aromatic carbocycles. The molecule has 0 bridgehead atoms. The third kappa shape index (κ3) is 4.10. The number of piperidine rings is 1. The van der Waals surface area contributed by atoms with E-state index in [4.69, 9.17) is 9.47 Å². The van der Waals surface area contributed by atoms with Gasteiger partial charge in [-0.1, -0.05) is 6.07 Å². The topological polar surface area (TPSA) is 90.2 Å². The van der Waals surface area contributed by atoms with E-state index in [1.54, 1.807) is 23.6 Å². The first-order chi connectivity index (χ1) is 13.0. The monoisotopic (exact) mass is 373 g/mol. The number of fused-ring (bicyclic) bond motifs is 1. The number of aryl methyl sites for hydroxylation is 1. The summed E-state index contributed by atoms with van der Waals surface area (Å²) in [6, 6.07) is 4.93. The summed E-state index contributed by atoms with van der Waals surface area (Å²) in [7, 11) is 0. The summed E-state index contributed by atoms with van der Waals surface area (Å²) < 4.78 is 12.0. The first kappa shape index (κ1) is 18.9. The number of carbonyl (C=O) groups excluding carboxylic acids is 3. The van der Waals surface area contributed by atoms with Crippen molar-refractivity contribution in [2.45, 2.75) is 39.2 Å². The molecule has 8 nitrogen and oxygen atoms in total. The maximum Gasteiger partial charge on any atom is 0.359 e. The second-order valence-corrected chi connectivity index (χ2v) is 6.45. The lowest BCUT2D eigenvalue weighted by Gasteiger charge is -2.33. The van der Waals surface area contributed by atoms with Gasteiger partial charge in [0.1, 0.15) is 11.7 Å². The fourth-order valence-corrected chi connectivity index (χ4v) is 3.24. The maximum atomic E-state index is 12.5. The van der Waals surface area contributed by atoms with Crippen LogP contribution in [0.15, 0.2) is 24.4 Å². The minimum absolute atomic E-state index is 0.137. The molecule has 1 saturated heterocycles. The van der Waals surface area contributed by atoms with Crippen molar-refractivity contribution in [2.75, 3.05) is 19.8 Å². The number of likely N-dealkylation sites (tertiary alicyclic amines) is 1. The Morgan fingerprint density at radius 2 is 2.04 bits per heavy atom. The molecule has 2 aromatic heterocycles. The SMILES string of the molecule is CCOC(=O)C1CCCCN1C(=O)COC(=O)c1cn2c(C)cccc2n1. The Hall–Kier alpha value is -2.90. The third-order valence-electron chi connectivity index (χ3n) is 4.61. The van der Waals surface area contributed by atoms with Crippen LogP contribution in [0.2, 0.25) is 0 Å². The summed E-state index contributed by atoms with van der Waals surface area (Å²) in [5.74, 6) is -1.48. The minimum Gasteiger partial charge on any atom is -0.464 e. The van der Waals surface area contributed by atoms with E-state index in [2.05, 4.69) is 4.98 Å². The number of hydrogen-bond acceptors (Lipinski definition) is 6. The molecule has 0 aliphatic carbocycles. The number of pyridine rings is 1. The summed E-state index contributed by atoms with van der Waals surface area (Å²) in [5, 5.41) is 0. The van der Waals surface area contributed by atoms with Gasteiger partial charge in [0.15, 0.2) is 12.3 Å². The summed E-state index contributed by atoms with van der Waals surface area (Å²) in [4.78, 5) is 42.5. The van der Waals surface area contributed by atoms with Gasteiger partial charge in [0.05, 0.1) is 6.61 Å². The smallest absolute Gasteiger partial charge is 0.359 e. The Kier molecular flexibility index (Phi) is 5.73. The van der Waals surface area contributed by atoms with Gasteiger partial charge < -0.3 is 18.8 Å². The van der Waals surface area contributed by atoms with Crippen LogP contribution in [0, 0.1) is 6.92 Å². The molecule has 27 heavy (non-hydrogen) atoms. The van der Waals surface area contributed by atoms with Crippen molar-refractivity contribution >= 4 is 23.5 Å². The summed E-state index contributed by atoms with van der Waals surface area (Å²) in [6.07, 6.45) is 3.80. The highest BCUT2D eigenvalue weighted by atomic mass is 16.5. The number of carbonyl (C=O) groups is 3. The molecular formula is C19H23N3O5. The van der Waals surface area contributed by atoms with E-state index in [0.717, 1.165) is 18.5 Å². The van der Waals surface area contributed by atoms with E-state index in [-0.39, 0.29) is 12.3 Å². The molecule has 1 aliphatic heterocycles. The predicted octanol–water partition coefficient (Wildman–Crippen LogP) is 1.74. The van der Waals surface area contributed by atoms with Gasteiger partial charge in [0.2, 0.25) is 0 Å². The Bertz CT molecular complexity index is 860. The molecule has 1 fully saturated rings. The zero-order chi connectivity index (χ0) is 19.4. The number of esters is 2. The molecule has 144 valence electrons. The van der Waals surface area contributed by atoms with Crippen LogP contribution in [0.25, 0.3) is 5.65 Å². The molecule has 1 unspecified atom stereocenters. The van der Waals surface area contributed by atoms with Crippen LogP contribution in [0.3, 0.4) is 0 Å². The summed E-state index contributed by atoms with van der Waals surface area (Å²) in [6.45, 7) is 3.92. The van der Waals surface area contributed by atoms with E-state index < -0.39 is 30.5 Å². The van der Waals surface area contributed by atoms with E-state index >= 15 is 0 Å². The largest absolute Gasteiger partial charge is 0.464 e. The second kappa shape index (κ2) is 8.20. The number of amides is 1. The first-order valence-electron chi connectivity index (χ1n) is 9.09. The van der Waals surface area contributed by atoms with Crippen molar-refractivity contribution in [1.29, 1.82) is 0 Å². The molecule has 2 aromatic rings. The third-order valence-corrected chi connectivity index (χ3v) is 4.61. The van der Waals surface area contributed by atoms with Crippen molar-refractivity contribution in [2.24, 2.45) is 0 Å². The number of nitrogens with zero attached hydrogens (tertiary/aromatic N) is 3. The standard InChI is InChI=1S/C19H23N3O5/c1-3-26-19(25)15-8-4-5-10-21(15)17(23)12-27-18(24)14-11-22-13(2)7-6-9-16(22)20-14/h6-7,9,11,15H,3-5,8,10,12H2,1-2H3. The average molecular weight is 373 g/mol. The number of hydrogen-bond donors (Lipinski definition) is 0. The quantitative estimate of drug-likeness (QED) is 0.742. The zero-order valence-electron chi connectivity index (χ0n) is 15.5. The van der Waals surface area contributed by atoms with Crippen LogP contribution in [-0.2, 0) is 19.1 Å². The van der Waals surface area contributed by atoms with Crippen LogP contribution >= 0.6 is 0 Å². The number of rotatable bonds is 5. The van der Waals surface area contributed by atoms with Crippen LogP contribution < -0.4 is 0 Å². The average Bonchev–Trinajstić information content (AvgIpc) is 3.12. The summed E-state index contributed by atoms with van der Waals surface area (Å²) >= 11 is 0. The van der Waals surface area contributed by atoms with Crippen molar-refractivity contribution in [3.63, 3.8) is 0 Å². The fraction of sp³-hybridized carbons (Fsp3) is 0.474. The molecule has 3 heterocycles. The van der Waals surface area contributed by atoms with Gasteiger partial charge in [-0.05, 0) is 45.2 Å². The van der Waals surface area contributed by atoms with Crippen molar-refractivity contribution < 1.29 is 23.9 Å². The molecule has 8 heteroatoms. The van der Waals surface area contributed by atoms with Gasteiger partial charge in [0, 0.05) is 18.4 Å². The van der Waals surface area contributed by atoms with Gasteiger partial charge in [-0.3, -0.25) is 4.79 Å². The lowest BCUT2D eigenvalue weighted by Crippen LogP contribution is -2.50. The number of imidazole rings is 1. The van der Waals surface area contributed by atoms with E-state index in [1.165, 1.54) is 4.90 Å². The highest BCUT2D eigenvalue weighted by molar-refractivity contribution is 5.91. The van der Waals surface area contributed by atoms with Gasteiger partial charge in [0.25, 0.3) is 5.91 Å².